The number of guanidine groups is 1. The molecular weight excluding hydrogens is 332 g/mol. The summed E-state index contributed by atoms with van der Waals surface area (Å²) in [6, 6.07) is 0. The van der Waals surface area contributed by atoms with Crippen molar-refractivity contribution in [3.8, 4) is 0 Å². The Labute approximate surface area is 155 Å². The summed E-state index contributed by atoms with van der Waals surface area (Å²) in [5.41, 5.74) is 0. The lowest BCUT2D eigenvalue weighted by Gasteiger charge is -2.33. The van der Waals surface area contributed by atoms with E-state index in [1.54, 1.807) is 6.33 Å². The van der Waals surface area contributed by atoms with Crippen LogP contribution in [-0.4, -0.2) is 64.4 Å². The standard InChI is InChI=1S/C18H30N6O2/c1-4-9-19-18(20-10-13-24-14-21-22-16(24)5-2)23-11-7-15(8-12-23)17(25)26-6-3/h4,14-15H,1,5-13H2,2-3H3,(H,19,20). The number of rotatable bonds is 8. The van der Waals surface area contributed by atoms with Gasteiger partial charge in [0.15, 0.2) is 5.96 Å². The Morgan fingerprint density at radius 1 is 1.46 bits per heavy atom. The van der Waals surface area contributed by atoms with Gasteiger partial charge in [-0.3, -0.25) is 9.79 Å². The van der Waals surface area contributed by atoms with Crippen LogP contribution in [0.3, 0.4) is 0 Å². The molecule has 144 valence electrons. The summed E-state index contributed by atoms with van der Waals surface area (Å²) in [5, 5.41) is 11.4. The van der Waals surface area contributed by atoms with Gasteiger partial charge in [-0.2, -0.15) is 0 Å². The molecule has 0 unspecified atom stereocenters. The first-order chi connectivity index (χ1) is 12.7. The zero-order chi connectivity index (χ0) is 18.8. The number of aliphatic imine (C=N–C) groups is 1. The lowest BCUT2D eigenvalue weighted by atomic mass is 9.97. The zero-order valence-electron chi connectivity index (χ0n) is 15.9. The first-order valence-electron chi connectivity index (χ1n) is 9.37. The number of aryl methyl sites for hydroxylation is 1. The van der Waals surface area contributed by atoms with Gasteiger partial charge in [-0.25, -0.2) is 0 Å². The number of carbonyl (C=O) groups is 1. The van der Waals surface area contributed by atoms with Crippen molar-refractivity contribution in [3.05, 3.63) is 24.8 Å². The Morgan fingerprint density at radius 3 is 2.88 bits per heavy atom. The molecule has 1 fully saturated rings. The van der Waals surface area contributed by atoms with Gasteiger partial charge in [0.05, 0.1) is 19.1 Å². The molecule has 0 saturated carbocycles. The number of nitrogens with one attached hydrogen (secondary N) is 1. The first kappa shape index (κ1) is 19.9. The van der Waals surface area contributed by atoms with Gasteiger partial charge in [-0.15, -0.1) is 16.8 Å². The van der Waals surface area contributed by atoms with Crippen molar-refractivity contribution in [1.82, 2.24) is 25.0 Å². The van der Waals surface area contributed by atoms with Crippen molar-refractivity contribution in [2.45, 2.75) is 39.7 Å². The molecule has 0 amide bonds. The number of likely N-dealkylation sites (tertiary alicyclic amines) is 1. The smallest absolute Gasteiger partial charge is 0.309 e. The molecule has 1 aliphatic heterocycles. The Bertz CT molecular complexity index is 605. The molecule has 1 aromatic heterocycles. The molecule has 8 heteroatoms. The summed E-state index contributed by atoms with van der Waals surface area (Å²) >= 11 is 0. The number of aromatic nitrogens is 3. The van der Waals surface area contributed by atoms with Crippen LogP contribution < -0.4 is 5.32 Å². The number of hydrogen-bond donors (Lipinski definition) is 1. The molecule has 2 heterocycles. The third kappa shape index (κ3) is 5.57. The summed E-state index contributed by atoms with van der Waals surface area (Å²) in [4.78, 5) is 18.8. The summed E-state index contributed by atoms with van der Waals surface area (Å²) in [6.45, 7) is 11.7. The van der Waals surface area contributed by atoms with Crippen LogP contribution in [0.1, 0.15) is 32.5 Å². The second-order valence-corrected chi connectivity index (χ2v) is 6.18. The van der Waals surface area contributed by atoms with Crippen LogP contribution in [0.5, 0.6) is 0 Å². The zero-order valence-corrected chi connectivity index (χ0v) is 15.9. The molecule has 0 radical (unpaired) electrons. The Balaban J connectivity index is 1.92. The van der Waals surface area contributed by atoms with E-state index in [9.17, 15) is 4.79 Å². The predicted molar refractivity (Wildman–Crippen MR) is 101 cm³/mol. The first-order valence-corrected chi connectivity index (χ1v) is 9.37. The molecule has 0 atom stereocenters. The third-order valence-electron chi connectivity index (χ3n) is 4.43. The molecule has 1 aliphatic rings. The van der Waals surface area contributed by atoms with Gasteiger partial charge in [-0.1, -0.05) is 13.0 Å². The van der Waals surface area contributed by atoms with E-state index < -0.39 is 0 Å². The molecular formula is C18H30N6O2. The summed E-state index contributed by atoms with van der Waals surface area (Å²) in [5.74, 6) is 1.75. The molecule has 0 aliphatic carbocycles. The highest BCUT2D eigenvalue weighted by Crippen LogP contribution is 2.18. The van der Waals surface area contributed by atoms with Crippen LogP contribution in [0.15, 0.2) is 24.0 Å². The van der Waals surface area contributed by atoms with Crippen LogP contribution in [0.4, 0.5) is 0 Å². The van der Waals surface area contributed by atoms with Gasteiger partial charge in [-0.05, 0) is 19.8 Å². The van der Waals surface area contributed by atoms with Gasteiger partial charge >= 0.3 is 5.97 Å². The minimum atomic E-state index is -0.0793. The van der Waals surface area contributed by atoms with E-state index in [1.807, 2.05) is 17.6 Å². The van der Waals surface area contributed by atoms with Gasteiger partial charge in [0.1, 0.15) is 12.2 Å². The topological polar surface area (TPSA) is 84.6 Å². The third-order valence-corrected chi connectivity index (χ3v) is 4.43. The van der Waals surface area contributed by atoms with E-state index in [-0.39, 0.29) is 11.9 Å². The summed E-state index contributed by atoms with van der Waals surface area (Å²) in [7, 11) is 0. The minimum absolute atomic E-state index is 0.00371. The SMILES string of the molecule is C=CCNC(=NCCn1cnnc1CC)N1CCC(C(=O)OCC)CC1. The van der Waals surface area contributed by atoms with Gasteiger partial charge in [0.25, 0.3) is 0 Å². The average Bonchev–Trinajstić information content (AvgIpc) is 3.12. The maximum atomic E-state index is 11.9. The van der Waals surface area contributed by atoms with E-state index in [0.717, 1.165) is 50.7 Å². The summed E-state index contributed by atoms with van der Waals surface area (Å²) in [6.07, 6.45) is 6.00. The van der Waals surface area contributed by atoms with Crippen LogP contribution in [-0.2, 0) is 22.5 Å². The average molecular weight is 362 g/mol. The monoisotopic (exact) mass is 362 g/mol. The van der Waals surface area contributed by atoms with Gasteiger partial charge in [0, 0.05) is 32.6 Å². The maximum Gasteiger partial charge on any atom is 0.309 e. The molecule has 26 heavy (non-hydrogen) atoms. The fourth-order valence-electron chi connectivity index (χ4n) is 3.02. The highest BCUT2D eigenvalue weighted by Gasteiger charge is 2.27. The van der Waals surface area contributed by atoms with Crippen LogP contribution in [0.25, 0.3) is 0 Å². The molecule has 0 bridgehead atoms. The summed E-state index contributed by atoms with van der Waals surface area (Å²) < 4.78 is 7.17. The predicted octanol–water partition coefficient (Wildman–Crippen LogP) is 1.25. The second-order valence-electron chi connectivity index (χ2n) is 6.18. The molecule has 1 aromatic rings. The van der Waals surface area contributed by atoms with Crippen molar-refractivity contribution in [2.75, 3.05) is 32.8 Å². The van der Waals surface area contributed by atoms with Gasteiger partial charge < -0.3 is 19.5 Å². The number of hydrogen-bond acceptors (Lipinski definition) is 5. The van der Waals surface area contributed by atoms with E-state index in [1.165, 1.54) is 0 Å². The Morgan fingerprint density at radius 2 is 2.23 bits per heavy atom. The highest BCUT2D eigenvalue weighted by molar-refractivity contribution is 5.80. The number of carbonyl (C=O) groups excluding carboxylic acids is 1. The molecule has 2 rings (SSSR count). The van der Waals surface area contributed by atoms with E-state index in [2.05, 4.69) is 33.9 Å². The normalized spacial score (nSPS) is 15.8. The minimum Gasteiger partial charge on any atom is -0.466 e. The lowest BCUT2D eigenvalue weighted by Crippen LogP contribution is -2.47. The molecule has 1 N–H and O–H groups in total. The Kier molecular flexibility index (Phi) is 8.11. The van der Waals surface area contributed by atoms with Crippen LogP contribution in [0, 0.1) is 5.92 Å². The second kappa shape index (κ2) is 10.6. The Hall–Kier alpha value is -2.38. The maximum absolute atomic E-state index is 11.9. The lowest BCUT2D eigenvalue weighted by molar-refractivity contribution is -0.149. The molecule has 8 nitrogen and oxygen atoms in total. The highest BCUT2D eigenvalue weighted by atomic mass is 16.5. The van der Waals surface area contributed by atoms with Crippen LogP contribution in [0.2, 0.25) is 0 Å². The molecule has 0 aromatic carbocycles. The van der Waals surface area contributed by atoms with E-state index in [0.29, 0.717) is 19.7 Å². The van der Waals surface area contributed by atoms with Crippen LogP contribution >= 0.6 is 0 Å². The van der Waals surface area contributed by atoms with Crippen molar-refractivity contribution in [2.24, 2.45) is 10.9 Å². The number of ether oxygens (including phenoxy) is 1. The van der Waals surface area contributed by atoms with Gasteiger partial charge in [0.2, 0.25) is 0 Å². The van der Waals surface area contributed by atoms with Crippen molar-refractivity contribution >= 4 is 11.9 Å². The fourth-order valence-corrected chi connectivity index (χ4v) is 3.02. The number of piperidine rings is 1. The quantitative estimate of drug-likeness (QED) is 0.324. The van der Waals surface area contributed by atoms with Crippen molar-refractivity contribution in [3.63, 3.8) is 0 Å². The number of esters is 1. The van der Waals surface area contributed by atoms with Crippen molar-refractivity contribution in [1.29, 1.82) is 0 Å². The molecule has 0 spiro atoms. The fraction of sp³-hybridized carbons (Fsp3) is 0.667. The van der Waals surface area contributed by atoms with Crippen molar-refractivity contribution < 1.29 is 9.53 Å². The van der Waals surface area contributed by atoms with E-state index in [4.69, 9.17) is 9.73 Å². The molecule has 1 saturated heterocycles. The van der Waals surface area contributed by atoms with E-state index >= 15 is 0 Å². The number of nitrogens with zero attached hydrogens (tertiary/aromatic N) is 5. The largest absolute Gasteiger partial charge is 0.466 e.